The molecule has 0 spiro atoms. The average Bonchev–Trinajstić information content (AvgIpc) is 3.32. The normalized spacial score (nSPS) is 12.7. The Morgan fingerprint density at radius 2 is 1.74 bits per heavy atom. The number of aromatic nitrogens is 3. The number of thioether (sulfide) groups is 1. The Kier molecular flexibility index (Phi) is 6.49. The predicted octanol–water partition coefficient (Wildman–Crippen LogP) is 4.41. The molecule has 1 N–H and O–H groups in total. The molecule has 3 aromatic carbocycles. The van der Waals surface area contributed by atoms with Crippen molar-refractivity contribution in [1.29, 1.82) is 0 Å². The van der Waals surface area contributed by atoms with Gasteiger partial charge >= 0.3 is 0 Å². The third kappa shape index (κ3) is 4.76. The number of nitrogens with one attached hydrogen (secondary N) is 1. The summed E-state index contributed by atoms with van der Waals surface area (Å²) >= 11 is 1.28. The minimum atomic E-state index is -0.217. The van der Waals surface area contributed by atoms with Gasteiger partial charge in [-0.15, -0.1) is 10.2 Å². The number of amides is 2. The smallest absolute Gasteiger partial charge is 0.244 e. The van der Waals surface area contributed by atoms with Crippen LogP contribution in [0.15, 0.2) is 84.0 Å². The number of hydrogen-bond acceptors (Lipinski definition) is 6. The van der Waals surface area contributed by atoms with Crippen molar-refractivity contribution in [3.8, 4) is 22.8 Å². The lowest BCUT2D eigenvalue weighted by Crippen LogP contribution is -2.43. The van der Waals surface area contributed by atoms with Crippen LogP contribution >= 0.6 is 11.8 Å². The van der Waals surface area contributed by atoms with E-state index in [1.54, 1.807) is 6.07 Å². The molecule has 0 fully saturated rings. The van der Waals surface area contributed by atoms with E-state index in [4.69, 9.17) is 4.74 Å². The van der Waals surface area contributed by atoms with Gasteiger partial charge in [-0.25, -0.2) is 0 Å². The molecule has 1 aliphatic rings. The molecule has 0 bridgehead atoms. The van der Waals surface area contributed by atoms with Gasteiger partial charge in [0.2, 0.25) is 11.8 Å². The third-order valence-electron chi connectivity index (χ3n) is 5.47. The second-order valence-electron chi connectivity index (χ2n) is 7.77. The van der Waals surface area contributed by atoms with Gasteiger partial charge in [0.05, 0.1) is 23.7 Å². The fraction of sp³-hybridized carbons (Fsp3) is 0.154. The van der Waals surface area contributed by atoms with Gasteiger partial charge in [0.25, 0.3) is 0 Å². The van der Waals surface area contributed by atoms with E-state index in [0.29, 0.717) is 29.0 Å². The second-order valence-corrected chi connectivity index (χ2v) is 8.71. The molecule has 176 valence electrons. The molecule has 0 atom stereocenters. The first kappa shape index (κ1) is 22.7. The van der Waals surface area contributed by atoms with Crippen LogP contribution in [-0.2, 0) is 9.59 Å². The molecular weight excluding hydrogens is 462 g/mol. The summed E-state index contributed by atoms with van der Waals surface area (Å²) in [5, 5.41) is 12.2. The van der Waals surface area contributed by atoms with E-state index in [9.17, 15) is 9.59 Å². The second kappa shape index (κ2) is 10.0. The van der Waals surface area contributed by atoms with Crippen LogP contribution in [0.5, 0.6) is 5.75 Å². The van der Waals surface area contributed by atoms with Crippen LogP contribution in [0.25, 0.3) is 17.1 Å². The predicted molar refractivity (Wildman–Crippen MR) is 136 cm³/mol. The lowest BCUT2D eigenvalue weighted by molar-refractivity contribution is -0.120. The Labute approximate surface area is 206 Å². The summed E-state index contributed by atoms with van der Waals surface area (Å²) in [5.74, 6) is 1.15. The number of rotatable bonds is 7. The largest absolute Gasteiger partial charge is 0.494 e. The van der Waals surface area contributed by atoms with Crippen molar-refractivity contribution in [2.24, 2.45) is 0 Å². The number of nitrogens with zero attached hydrogens (tertiary/aromatic N) is 4. The highest BCUT2D eigenvalue weighted by molar-refractivity contribution is 7.99. The highest BCUT2D eigenvalue weighted by Crippen LogP contribution is 2.32. The lowest BCUT2D eigenvalue weighted by atomic mass is 10.2. The van der Waals surface area contributed by atoms with Crippen LogP contribution in [-0.4, -0.2) is 45.5 Å². The number of carbonyl (C=O) groups excluding carboxylic acids is 2. The van der Waals surface area contributed by atoms with E-state index in [0.717, 1.165) is 17.0 Å². The van der Waals surface area contributed by atoms with Crippen LogP contribution in [0.4, 0.5) is 11.4 Å². The Hall–Kier alpha value is -4.11. The molecule has 8 nitrogen and oxygen atoms in total. The van der Waals surface area contributed by atoms with Gasteiger partial charge in [0.15, 0.2) is 11.0 Å². The van der Waals surface area contributed by atoms with Gasteiger partial charge in [-0.3, -0.25) is 14.2 Å². The van der Waals surface area contributed by atoms with Gasteiger partial charge in [-0.05, 0) is 43.3 Å². The fourth-order valence-corrected chi connectivity index (χ4v) is 4.72. The van der Waals surface area contributed by atoms with E-state index in [1.165, 1.54) is 16.7 Å². The zero-order chi connectivity index (χ0) is 24.2. The van der Waals surface area contributed by atoms with Gasteiger partial charge in [-0.2, -0.15) is 0 Å². The maximum atomic E-state index is 13.2. The Morgan fingerprint density at radius 1 is 1.00 bits per heavy atom. The van der Waals surface area contributed by atoms with Crippen molar-refractivity contribution in [3.63, 3.8) is 0 Å². The quantitative estimate of drug-likeness (QED) is 0.390. The van der Waals surface area contributed by atoms with Crippen LogP contribution in [0, 0.1) is 0 Å². The summed E-state index contributed by atoms with van der Waals surface area (Å²) in [6.07, 6.45) is 0. The van der Waals surface area contributed by atoms with Crippen molar-refractivity contribution in [2.45, 2.75) is 12.1 Å². The first-order valence-corrected chi connectivity index (χ1v) is 12.2. The average molecular weight is 486 g/mol. The SMILES string of the molecule is CCOc1ccc(-n2c(SCC(=O)N3CC(=O)Nc4ccccc43)nnc2-c2ccccc2)cc1. The number of carbonyl (C=O) groups is 2. The van der Waals surface area contributed by atoms with Gasteiger partial charge in [-0.1, -0.05) is 54.2 Å². The zero-order valence-corrected chi connectivity index (χ0v) is 19.9. The zero-order valence-electron chi connectivity index (χ0n) is 19.0. The number of anilines is 2. The van der Waals surface area contributed by atoms with E-state index >= 15 is 0 Å². The van der Waals surface area contributed by atoms with Crippen LogP contribution in [0.1, 0.15) is 6.92 Å². The first-order chi connectivity index (χ1) is 17.1. The molecule has 0 aliphatic carbocycles. The molecule has 4 aromatic rings. The standard InChI is InChI=1S/C26H23N5O3S/c1-2-34-20-14-12-19(13-15-20)31-25(18-8-4-3-5-9-18)28-29-26(31)35-17-24(33)30-16-23(32)27-21-10-6-7-11-22(21)30/h3-15H,2,16-17H2,1H3,(H,27,32). The molecule has 0 saturated carbocycles. The minimum Gasteiger partial charge on any atom is -0.494 e. The maximum Gasteiger partial charge on any atom is 0.244 e. The molecule has 0 unspecified atom stereocenters. The number of fused-ring (bicyclic) bond motifs is 1. The van der Waals surface area contributed by atoms with Crippen molar-refractivity contribution >= 4 is 35.0 Å². The molecular formula is C26H23N5O3S. The number of para-hydroxylation sites is 2. The summed E-state index contributed by atoms with van der Waals surface area (Å²) in [5.41, 5.74) is 3.09. The third-order valence-corrected chi connectivity index (χ3v) is 6.38. The summed E-state index contributed by atoms with van der Waals surface area (Å²) in [4.78, 5) is 26.8. The molecule has 1 aromatic heterocycles. The molecule has 0 saturated heterocycles. The summed E-state index contributed by atoms with van der Waals surface area (Å²) in [6, 6.07) is 24.7. The van der Waals surface area contributed by atoms with Crippen molar-refractivity contribution in [3.05, 3.63) is 78.9 Å². The van der Waals surface area contributed by atoms with Crippen LogP contribution in [0.2, 0.25) is 0 Å². The molecule has 1 aliphatic heterocycles. The molecule has 0 radical (unpaired) electrons. The summed E-state index contributed by atoms with van der Waals surface area (Å²) in [6.45, 7) is 2.51. The molecule has 9 heteroatoms. The van der Waals surface area contributed by atoms with Crippen LogP contribution in [0.3, 0.4) is 0 Å². The van der Waals surface area contributed by atoms with E-state index in [-0.39, 0.29) is 24.1 Å². The van der Waals surface area contributed by atoms with Crippen molar-refractivity contribution < 1.29 is 14.3 Å². The monoisotopic (exact) mass is 485 g/mol. The van der Waals surface area contributed by atoms with Crippen molar-refractivity contribution in [2.75, 3.05) is 29.1 Å². The minimum absolute atomic E-state index is 0.0166. The van der Waals surface area contributed by atoms with E-state index in [2.05, 4.69) is 15.5 Å². The van der Waals surface area contributed by atoms with Crippen LogP contribution < -0.4 is 15.0 Å². The Bertz CT molecular complexity index is 1360. The molecule has 2 heterocycles. The van der Waals surface area contributed by atoms with E-state index in [1.807, 2.05) is 84.3 Å². The summed E-state index contributed by atoms with van der Waals surface area (Å²) in [7, 11) is 0. The molecule has 2 amide bonds. The summed E-state index contributed by atoms with van der Waals surface area (Å²) < 4.78 is 7.51. The topological polar surface area (TPSA) is 89.4 Å². The van der Waals surface area contributed by atoms with Crippen molar-refractivity contribution in [1.82, 2.24) is 14.8 Å². The van der Waals surface area contributed by atoms with Gasteiger partial charge in [0.1, 0.15) is 12.3 Å². The Morgan fingerprint density at radius 3 is 2.51 bits per heavy atom. The fourth-order valence-electron chi connectivity index (χ4n) is 3.89. The lowest BCUT2D eigenvalue weighted by Gasteiger charge is -2.29. The Balaban J connectivity index is 1.44. The number of hydrogen-bond donors (Lipinski definition) is 1. The molecule has 5 rings (SSSR count). The first-order valence-electron chi connectivity index (χ1n) is 11.2. The van der Waals surface area contributed by atoms with E-state index < -0.39 is 0 Å². The highest BCUT2D eigenvalue weighted by atomic mass is 32.2. The number of benzene rings is 3. The highest BCUT2D eigenvalue weighted by Gasteiger charge is 2.27. The van der Waals surface area contributed by atoms with Gasteiger partial charge < -0.3 is 15.0 Å². The maximum absolute atomic E-state index is 13.2. The number of ether oxygens (including phenoxy) is 1. The molecule has 35 heavy (non-hydrogen) atoms. The van der Waals surface area contributed by atoms with Gasteiger partial charge in [0, 0.05) is 11.3 Å².